The molecule has 0 aliphatic rings. The van der Waals surface area contributed by atoms with E-state index in [0.717, 1.165) is 18.1 Å². The van der Waals surface area contributed by atoms with Gasteiger partial charge in [-0.25, -0.2) is 4.98 Å². The van der Waals surface area contributed by atoms with E-state index >= 15 is 0 Å². The molecule has 1 rings (SSSR count). The highest BCUT2D eigenvalue weighted by atomic mass is 35.5. The zero-order valence-corrected chi connectivity index (χ0v) is 10.4. The van der Waals surface area contributed by atoms with Crippen LogP contribution in [-0.4, -0.2) is 25.1 Å². The third-order valence-electron chi connectivity index (χ3n) is 2.24. The molecule has 0 aliphatic carbocycles. The smallest absolute Gasteiger partial charge is 0.129 e. The van der Waals surface area contributed by atoms with E-state index in [0.29, 0.717) is 18.1 Å². The topological polar surface area (TPSA) is 28.2 Å². The Balaban J connectivity index is 2.96. The van der Waals surface area contributed by atoms with E-state index in [1.54, 1.807) is 0 Å². The van der Waals surface area contributed by atoms with Crippen LogP contribution in [-0.2, 0) is 6.54 Å². The Labute approximate surface area is 102 Å². The molecule has 0 spiro atoms. The SMILES string of the molecule is C#CCN(CC)c1ccc(Cl)c(CNC)n1. The first-order chi connectivity index (χ1) is 7.72. The molecule has 3 nitrogen and oxygen atoms in total. The summed E-state index contributed by atoms with van der Waals surface area (Å²) < 4.78 is 0. The molecule has 0 unspecified atom stereocenters. The van der Waals surface area contributed by atoms with Gasteiger partial charge < -0.3 is 10.2 Å². The van der Waals surface area contributed by atoms with Crippen molar-refractivity contribution in [1.82, 2.24) is 10.3 Å². The van der Waals surface area contributed by atoms with Crippen LogP contribution >= 0.6 is 11.6 Å². The number of terminal acetylenes is 1. The Morgan fingerprint density at radius 1 is 1.56 bits per heavy atom. The minimum absolute atomic E-state index is 0.560. The molecule has 0 aromatic carbocycles. The van der Waals surface area contributed by atoms with Crippen LogP contribution in [0.2, 0.25) is 5.02 Å². The van der Waals surface area contributed by atoms with Gasteiger partial charge in [-0.05, 0) is 26.1 Å². The molecule has 0 saturated heterocycles. The molecule has 4 heteroatoms. The first-order valence-electron chi connectivity index (χ1n) is 5.21. The van der Waals surface area contributed by atoms with Gasteiger partial charge in [0.05, 0.1) is 17.3 Å². The summed E-state index contributed by atoms with van der Waals surface area (Å²) in [4.78, 5) is 6.51. The minimum atomic E-state index is 0.560. The summed E-state index contributed by atoms with van der Waals surface area (Å²) in [5.74, 6) is 3.49. The molecule has 16 heavy (non-hydrogen) atoms. The van der Waals surface area contributed by atoms with E-state index in [4.69, 9.17) is 18.0 Å². The second kappa shape index (κ2) is 6.37. The van der Waals surface area contributed by atoms with Crippen LogP contribution in [0.1, 0.15) is 12.6 Å². The standard InChI is InChI=1S/C12H16ClN3/c1-4-8-16(5-2)12-7-6-10(13)11(15-12)9-14-3/h1,6-7,14H,5,8-9H2,2-3H3. The fourth-order valence-corrected chi connectivity index (χ4v) is 1.58. The first-order valence-corrected chi connectivity index (χ1v) is 5.59. The predicted octanol–water partition coefficient (Wildman–Crippen LogP) is 1.91. The van der Waals surface area contributed by atoms with Gasteiger partial charge in [0.15, 0.2) is 0 Å². The van der Waals surface area contributed by atoms with Crippen molar-refractivity contribution in [2.75, 3.05) is 25.0 Å². The molecule has 0 aliphatic heterocycles. The molecule has 0 bridgehead atoms. The van der Waals surface area contributed by atoms with Gasteiger partial charge in [-0.2, -0.15) is 0 Å². The lowest BCUT2D eigenvalue weighted by atomic mass is 10.3. The van der Waals surface area contributed by atoms with Gasteiger partial charge >= 0.3 is 0 Å². The Bertz CT molecular complexity index is 384. The lowest BCUT2D eigenvalue weighted by molar-refractivity contribution is 0.783. The van der Waals surface area contributed by atoms with Crippen molar-refractivity contribution in [3.8, 4) is 12.3 Å². The maximum absolute atomic E-state index is 6.04. The molecule has 0 radical (unpaired) electrons. The van der Waals surface area contributed by atoms with Crippen LogP contribution in [0.25, 0.3) is 0 Å². The number of nitrogens with zero attached hydrogens (tertiary/aromatic N) is 2. The van der Waals surface area contributed by atoms with Gasteiger partial charge in [0.25, 0.3) is 0 Å². The van der Waals surface area contributed by atoms with Gasteiger partial charge in [0.2, 0.25) is 0 Å². The van der Waals surface area contributed by atoms with Crippen LogP contribution in [0.5, 0.6) is 0 Å². The van der Waals surface area contributed by atoms with E-state index in [1.807, 2.05) is 31.0 Å². The Morgan fingerprint density at radius 2 is 2.31 bits per heavy atom. The number of hydrogen-bond acceptors (Lipinski definition) is 3. The third kappa shape index (κ3) is 3.13. The van der Waals surface area contributed by atoms with E-state index in [9.17, 15) is 0 Å². The summed E-state index contributed by atoms with van der Waals surface area (Å²) >= 11 is 6.04. The van der Waals surface area contributed by atoms with Crippen LogP contribution in [0.4, 0.5) is 5.82 Å². The molecule has 0 amide bonds. The number of pyridine rings is 1. The number of halogens is 1. The van der Waals surface area contributed by atoms with Crippen molar-refractivity contribution in [2.45, 2.75) is 13.5 Å². The van der Waals surface area contributed by atoms with Crippen LogP contribution < -0.4 is 10.2 Å². The van der Waals surface area contributed by atoms with Crippen LogP contribution in [0.3, 0.4) is 0 Å². The second-order valence-electron chi connectivity index (χ2n) is 3.35. The highest BCUT2D eigenvalue weighted by molar-refractivity contribution is 6.31. The lowest BCUT2D eigenvalue weighted by Gasteiger charge is -2.20. The number of nitrogens with one attached hydrogen (secondary N) is 1. The molecule has 0 atom stereocenters. The van der Waals surface area contributed by atoms with E-state index in [1.165, 1.54) is 0 Å². The third-order valence-corrected chi connectivity index (χ3v) is 2.58. The summed E-state index contributed by atoms with van der Waals surface area (Å²) in [6, 6.07) is 3.75. The molecule has 86 valence electrons. The maximum Gasteiger partial charge on any atom is 0.129 e. The minimum Gasteiger partial charge on any atom is -0.346 e. The molecule has 1 heterocycles. The van der Waals surface area contributed by atoms with Crippen molar-refractivity contribution in [1.29, 1.82) is 0 Å². The second-order valence-corrected chi connectivity index (χ2v) is 3.75. The Kier molecular flexibility index (Phi) is 5.10. The lowest BCUT2D eigenvalue weighted by Crippen LogP contribution is -2.24. The summed E-state index contributed by atoms with van der Waals surface area (Å²) in [5, 5.41) is 3.71. The molecule has 0 saturated carbocycles. The first kappa shape index (κ1) is 12.8. The predicted molar refractivity (Wildman–Crippen MR) is 68.7 cm³/mol. The van der Waals surface area contributed by atoms with Crippen molar-refractivity contribution >= 4 is 17.4 Å². The molecule has 1 aromatic heterocycles. The number of aromatic nitrogens is 1. The fourth-order valence-electron chi connectivity index (χ4n) is 1.41. The molecule has 1 N–H and O–H groups in total. The fraction of sp³-hybridized carbons (Fsp3) is 0.417. The molecular weight excluding hydrogens is 222 g/mol. The van der Waals surface area contributed by atoms with E-state index in [-0.39, 0.29) is 0 Å². The molecule has 1 aromatic rings. The van der Waals surface area contributed by atoms with Crippen molar-refractivity contribution in [3.63, 3.8) is 0 Å². The van der Waals surface area contributed by atoms with Gasteiger partial charge in [-0.3, -0.25) is 0 Å². The van der Waals surface area contributed by atoms with Gasteiger partial charge in [-0.15, -0.1) is 6.42 Å². The Hall–Kier alpha value is -1.24. The monoisotopic (exact) mass is 237 g/mol. The quantitative estimate of drug-likeness (QED) is 0.794. The average molecular weight is 238 g/mol. The van der Waals surface area contributed by atoms with Crippen LogP contribution in [0, 0.1) is 12.3 Å². The highest BCUT2D eigenvalue weighted by Crippen LogP contribution is 2.18. The summed E-state index contributed by atoms with van der Waals surface area (Å²) in [6.07, 6.45) is 5.31. The zero-order valence-electron chi connectivity index (χ0n) is 9.63. The number of anilines is 1. The highest BCUT2D eigenvalue weighted by Gasteiger charge is 2.07. The number of hydrogen-bond donors (Lipinski definition) is 1. The maximum atomic E-state index is 6.04. The summed E-state index contributed by atoms with van der Waals surface area (Å²) in [5.41, 5.74) is 0.845. The number of rotatable bonds is 5. The molecule has 0 fully saturated rings. The summed E-state index contributed by atoms with van der Waals surface area (Å²) in [7, 11) is 1.86. The van der Waals surface area contributed by atoms with Crippen molar-refractivity contribution < 1.29 is 0 Å². The normalized spacial score (nSPS) is 9.88. The van der Waals surface area contributed by atoms with Gasteiger partial charge in [0.1, 0.15) is 5.82 Å². The van der Waals surface area contributed by atoms with E-state index in [2.05, 4.69) is 16.2 Å². The average Bonchev–Trinajstić information content (AvgIpc) is 2.29. The van der Waals surface area contributed by atoms with Gasteiger partial charge in [0, 0.05) is 13.1 Å². The summed E-state index contributed by atoms with van der Waals surface area (Å²) in [6.45, 7) is 4.09. The van der Waals surface area contributed by atoms with E-state index < -0.39 is 0 Å². The van der Waals surface area contributed by atoms with Crippen molar-refractivity contribution in [3.05, 3.63) is 22.8 Å². The molecular formula is C12H16ClN3. The Morgan fingerprint density at radius 3 is 2.88 bits per heavy atom. The zero-order chi connectivity index (χ0) is 12.0. The van der Waals surface area contributed by atoms with Crippen molar-refractivity contribution in [2.24, 2.45) is 0 Å². The largest absolute Gasteiger partial charge is 0.346 e. The van der Waals surface area contributed by atoms with Crippen LogP contribution in [0.15, 0.2) is 12.1 Å². The van der Waals surface area contributed by atoms with Gasteiger partial charge in [-0.1, -0.05) is 17.5 Å².